The summed E-state index contributed by atoms with van der Waals surface area (Å²) in [6.07, 6.45) is 5.79. The molecule has 0 amide bonds. The number of para-hydroxylation sites is 2. The molecule has 1 fully saturated rings. The molecule has 1 aliphatic carbocycles. The standard InChI is InChI=1S/C17H25NO3/c1-3-21-17(19)16(13-9-5-4-6-10-13)18-14-11-7-8-12-15(14)20-2/h7-8,11-13,16,18H,3-6,9-10H2,1-2H3. The maximum atomic E-state index is 12.3. The number of benzene rings is 1. The summed E-state index contributed by atoms with van der Waals surface area (Å²) in [5.41, 5.74) is 0.851. The van der Waals surface area contributed by atoms with Crippen LogP contribution in [0.1, 0.15) is 39.0 Å². The highest BCUT2D eigenvalue weighted by molar-refractivity contribution is 5.80. The summed E-state index contributed by atoms with van der Waals surface area (Å²) in [4.78, 5) is 12.3. The molecular formula is C17H25NO3. The molecular weight excluding hydrogens is 266 g/mol. The lowest BCUT2D eigenvalue weighted by molar-refractivity contribution is -0.145. The lowest BCUT2D eigenvalue weighted by Crippen LogP contribution is -2.39. The van der Waals surface area contributed by atoms with E-state index in [0.29, 0.717) is 12.5 Å². The molecule has 0 heterocycles. The van der Waals surface area contributed by atoms with Crippen LogP contribution < -0.4 is 10.1 Å². The van der Waals surface area contributed by atoms with Crippen molar-refractivity contribution in [3.05, 3.63) is 24.3 Å². The summed E-state index contributed by atoms with van der Waals surface area (Å²) in [5.74, 6) is 0.931. The Bertz CT molecular complexity index is 455. The fraction of sp³-hybridized carbons (Fsp3) is 0.588. The van der Waals surface area contributed by atoms with Gasteiger partial charge in [0.15, 0.2) is 0 Å². The lowest BCUT2D eigenvalue weighted by atomic mass is 9.83. The molecule has 1 atom stereocenters. The number of esters is 1. The van der Waals surface area contributed by atoms with Gasteiger partial charge in [-0.15, -0.1) is 0 Å². The molecule has 0 radical (unpaired) electrons. The SMILES string of the molecule is CCOC(=O)C(Nc1ccccc1OC)C1CCCCC1. The Morgan fingerprint density at radius 2 is 2.00 bits per heavy atom. The second kappa shape index (κ2) is 7.91. The minimum atomic E-state index is -0.290. The molecule has 0 spiro atoms. The van der Waals surface area contributed by atoms with Crippen LogP contribution in [0.5, 0.6) is 5.75 Å². The van der Waals surface area contributed by atoms with Crippen molar-refractivity contribution in [2.75, 3.05) is 19.0 Å². The van der Waals surface area contributed by atoms with Crippen molar-refractivity contribution in [1.29, 1.82) is 0 Å². The minimum absolute atomic E-state index is 0.157. The summed E-state index contributed by atoms with van der Waals surface area (Å²) in [6, 6.07) is 7.40. The molecule has 1 saturated carbocycles. The molecule has 1 aliphatic rings. The first-order valence-corrected chi connectivity index (χ1v) is 7.82. The molecule has 0 bridgehead atoms. The van der Waals surface area contributed by atoms with E-state index < -0.39 is 0 Å². The van der Waals surface area contributed by atoms with Crippen LogP contribution in [0.4, 0.5) is 5.69 Å². The van der Waals surface area contributed by atoms with Crippen LogP contribution in [0.2, 0.25) is 0 Å². The maximum Gasteiger partial charge on any atom is 0.328 e. The number of rotatable bonds is 6. The average molecular weight is 291 g/mol. The van der Waals surface area contributed by atoms with Gasteiger partial charge in [-0.1, -0.05) is 31.4 Å². The molecule has 0 saturated heterocycles. The van der Waals surface area contributed by atoms with Crippen molar-refractivity contribution < 1.29 is 14.3 Å². The van der Waals surface area contributed by atoms with Gasteiger partial charge in [-0.2, -0.15) is 0 Å². The first-order valence-electron chi connectivity index (χ1n) is 7.82. The third kappa shape index (κ3) is 4.13. The molecule has 1 unspecified atom stereocenters. The topological polar surface area (TPSA) is 47.6 Å². The van der Waals surface area contributed by atoms with E-state index in [-0.39, 0.29) is 12.0 Å². The van der Waals surface area contributed by atoms with Crippen LogP contribution in [0.25, 0.3) is 0 Å². The van der Waals surface area contributed by atoms with Crippen LogP contribution in [-0.4, -0.2) is 25.7 Å². The predicted octanol–water partition coefficient (Wildman–Crippen LogP) is 3.62. The number of hydrogen-bond donors (Lipinski definition) is 1. The smallest absolute Gasteiger partial charge is 0.328 e. The van der Waals surface area contributed by atoms with Crippen molar-refractivity contribution in [2.24, 2.45) is 5.92 Å². The van der Waals surface area contributed by atoms with Crippen molar-refractivity contribution in [3.8, 4) is 5.75 Å². The Hall–Kier alpha value is -1.71. The van der Waals surface area contributed by atoms with Crippen LogP contribution in [0.15, 0.2) is 24.3 Å². The van der Waals surface area contributed by atoms with Crippen LogP contribution in [0.3, 0.4) is 0 Å². The normalized spacial score (nSPS) is 17.0. The number of carbonyl (C=O) groups is 1. The highest BCUT2D eigenvalue weighted by Crippen LogP contribution is 2.31. The van der Waals surface area contributed by atoms with Gasteiger partial charge in [0.2, 0.25) is 0 Å². The number of hydrogen-bond acceptors (Lipinski definition) is 4. The number of carbonyl (C=O) groups excluding carboxylic acids is 1. The number of anilines is 1. The van der Waals surface area contributed by atoms with Crippen LogP contribution in [-0.2, 0) is 9.53 Å². The van der Waals surface area contributed by atoms with Gasteiger partial charge < -0.3 is 14.8 Å². The van der Waals surface area contributed by atoms with E-state index in [4.69, 9.17) is 9.47 Å². The minimum Gasteiger partial charge on any atom is -0.495 e. The second-order valence-corrected chi connectivity index (χ2v) is 5.47. The zero-order valence-corrected chi connectivity index (χ0v) is 12.9. The van der Waals surface area contributed by atoms with Gasteiger partial charge >= 0.3 is 5.97 Å². The fourth-order valence-corrected chi connectivity index (χ4v) is 3.00. The Kier molecular flexibility index (Phi) is 5.90. The molecule has 0 aliphatic heterocycles. The molecule has 2 rings (SSSR count). The van der Waals surface area contributed by atoms with Crippen LogP contribution in [0, 0.1) is 5.92 Å². The van der Waals surface area contributed by atoms with E-state index >= 15 is 0 Å². The summed E-state index contributed by atoms with van der Waals surface area (Å²) in [5, 5.41) is 3.35. The zero-order valence-electron chi connectivity index (χ0n) is 12.9. The second-order valence-electron chi connectivity index (χ2n) is 5.47. The van der Waals surface area contributed by atoms with E-state index in [1.54, 1.807) is 7.11 Å². The number of nitrogens with one attached hydrogen (secondary N) is 1. The third-order valence-electron chi connectivity index (χ3n) is 4.08. The summed E-state index contributed by atoms with van der Waals surface area (Å²) < 4.78 is 10.6. The van der Waals surface area contributed by atoms with Gasteiger partial charge in [0.25, 0.3) is 0 Å². The van der Waals surface area contributed by atoms with E-state index in [1.165, 1.54) is 19.3 Å². The van der Waals surface area contributed by atoms with Crippen molar-refractivity contribution in [2.45, 2.75) is 45.1 Å². The third-order valence-corrected chi connectivity index (χ3v) is 4.08. The van der Waals surface area contributed by atoms with Gasteiger partial charge in [-0.25, -0.2) is 4.79 Å². The Balaban J connectivity index is 2.16. The average Bonchev–Trinajstić information content (AvgIpc) is 2.54. The van der Waals surface area contributed by atoms with E-state index in [0.717, 1.165) is 24.3 Å². The van der Waals surface area contributed by atoms with E-state index in [1.807, 2.05) is 31.2 Å². The van der Waals surface area contributed by atoms with Crippen LogP contribution >= 0.6 is 0 Å². The Morgan fingerprint density at radius 1 is 1.29 bits per heavy atom. The van der Waals surface area contributed by atoms with E-state index in [2.05, 4.69) is 5.32 Å². The van der Waals surface area contributed by atoms with Gasteiger partial charge in [-0.05, 0) is 37.8 Å². The largest absolute Gasteiger partial charge is 0.495 e. The lowest BCUT2D eigenvalue weighted by Gasteiger charge is -2.30. The molecule has 1 aromatic carbocycles. The quantitative estimate of drug-likeness (QED) is 0.813. The fourth-order valence-electron chi connectivity index (χ4n) is 3.00. The van der Waals surface area contributed by atoms with E-state index in [9.17, 15) is 4.79 Å². The summed E-state index contributed by atoms with van der Waals surface area (Å²) >= 11 is 0. The van der Waals surface area contributed by atoms with Gasteiger partial charge in [0.1, 0.15) is 11.8 Å². The Morgan fingerprint density at radius 3 is 2.67 bits per heavy atom. The zero-order chi connectivity index (χ0) is 15.1. The summed E-state index contributed by atoms with van der Waals surface area (Å²) in [7, 11) is 1.64. The first kappa shape index (κ1) is 15.7. The molecule has 1 aromatic rings. The first-order chi connectivity index (χ1) is 10.3. The highest BCUT2D eigenvalue weighted by Gasteiger charge is 2.31. The van der Waals surface area contributed by atoms with Gasteiger partial charge in [0, 0.05) is 0 Å². The van der Waals surface area contributed by atoms with Gasteiger partial charge in [0.05, 0.1) is 19.4 Å². The number of methoxy groups -OCH3 is 1. The molecule has 4 nitrogen and oxygen atoms in total. The molecule has 0 aromatic heterocycles. The summed E-state index contributed by atoms with van der Waals surface area (Å²) in [6.45, 7) is 2.26. The molecule has 116 valence electrons. The molecule has 1 N–H and O–H groups in total. The Labute approximate surface area is 126 Å². The maximum absolute atomic E-state index is 12.3. The molecule has 4 heteroatoms. The number of ether oxygens (including phenoxy) is 2. The highest BCUT2D eigenvalue weighted by atomic mass is 16.5. The predicted molar refractivity (Wildman–Crippen MR) is 83.6 cm³/mol. The molecule has 21 heavy (non-hydrogen) atoms. The van der Waals surface area contributed by atoms with Crippen molar-refractivity contribution in [3.63, 3.8) is 0 Å². The van der Waals surface area contributed by atoms with Gasteiger partial charge in [-0.3, -0.25) is 0 Å². The van der Waals surface area contributed by atoms with Crippen molar-refractivity contribution >= 4 is 11.7 Å². The van der Waals surface area contributed by atoms with Crippen molar-refractivity contribution in [1.82, 2.24) is 0 Å². The monoisotopic (exact) mass is 291 g/mol.